The molecule has 2 aliphatic carbocycles. The lowest BCUT2D eigenvalue weighted by Crippen LogP contribution is -2.71. The van der Waals surface area contributed by atoms with Crippen molar-refractivity contribution in [2.75, 3.05) is 24.6 Å². The third-order valence-electron chi connectivity index (χ3n) is 8.06. The van der Waals surface area contributed by atoms with Crippen molar-refractivity contribution in [3.05, 3.63) is 0 Å². The van der Waals surface area contributed by atoms with Gasteiger partial charge in [-0.3, -0.25) is 4.90 Å². The topological polar surface area (TPSA) is 30.9 Å². The van der Waals surface area contributed by atoms with E-state index < -0.39 is 0 Å². The van der Waals surface area contributed by atoms with Crippen LogP contribution >= 0.6 is 11.8 Å². The third kappa shape index (κ3) is 2.49. The lowest BCUT2D eigenvalue weighted by Gasteiger charge is -2.62. The summed E-state index contributed by atoms with van der Waals surface area (Å²) in [6.07, 6.45) is 6.39. The average molecular weight is 368 g/mol. The van der Waals surface area contributed by atoms with Gasteiger partial charge in [0.25, 0.3) is 0 Å². The minimum atomic E-state index is -0.200. The maximum atomic E-state index is 6.91. The Balaban J connectivity index is 1.52. The molecule has 4 saturated heterocycles. The standard InChI is InChI=1S/C20H33NO3S/c1-13-4-5-16-14(2)18(21-8-10-25-11-9-21)22-17-12-19(3)7-6-15(13)20(16,17)24-23-19/h13-18H,4-12H2,1-3H3/t13?,14-,15?,16?,17?,18?,19+,20-/m1/s1. The quantitative estimate of drug-likeness (QED) is 0.660. The molecular formula is C20H33NO3S. The molecule has 2 saturated carbocycles. The summed E-state index contributed by atoms with van der Waals surface area (Å²) in [4.78, 5) is 15.1. The summed E-state index contributed by atoms with van der Waals surface area (Å²) in [6.45, 7) is 9.40. The van der Waals surface area contributed by atoms with Gasteiger partial charge in [-0.25, -0.2) is 9.78 Å². The van der Waals surface area contributed by atoms with E-state index in [0.29, 0.717) is 23.7 Å². The second kappa shape index (κ2) is 6.10. The highest BCUT2D eigenvalue weighted by molar-refractivity contribution is 7.99. The van der Waals surface area contributed by atoms with Crippen LogP contribution in [-0.2, 0) is 14.5 Å². The van der Waals surface area contributed by atoms with Crippen molar-refractivity contribution < 1.29 is 14.5 Å². The summed E-state index contributed by atoms with van der Waals surface area (Å²) in [7, 11) is 0. The fraction of sp³-hybridized carbons (Fsp3) is 1.00. The van der Waals surface area contributed by atoms with E-state index in [4.69, 9.17) is 14.5 Å². The van der Waals surface area contributed by atoms with Crippen LogP contribution in [0.4, 0.5) is 0 Å². The Morgan fingerprint density at radius 1 is 1.00 bits per heavy atom. The van der Waals surface area contributed by atoms with Gasteiger partial charge >= 0.3 is 0 Å². The minimum Gasteiger partial charge on any atom is -0.356 e. The summed E-state index contributed by atoms with van der Waals surface area (Å²) in [6, 6.07) is 0. The first-order valence-electron chi connectivity index (χ1n) is 10.4. The molecule has 142 valence electrons. The molecule has 0 amide bonds. The van der Waals surface area contributed by atoms with Crippen molar-refractivity contribution in [1.82, 2.24) is 4.90 Å². The lowest BCUT2D eigenvalue weighted by atomic mass is 9.56. The van der Waals surface area contributed by atoms with Gasteiger partial charge in [0.2, 0.25) is 0 Å². The second-order valence-corrected chi connectivity index (χ2v) is 10.7. The fourth-order valence-corrected chi connectivity index (χ4v) is 7.62. The number of fused-ring (bicyclic) bond motifs is 2. The zero-order chi connectivity index (χ0) is 17.2. The van der Waals surface area contributed by atoms with Gasteiger partial charge in [0.05, 0.1) is 6.10 Å². The predicted octanol–water partition coefficient (Wildman–Crippen LogP) is 3.70. The van der Waals surface area contributed by atoms with Crippen molar-refractivity contribution in [1.29, 1.82) is 0 Å². The summed E-state index contributed by atoms with van der Waals surface area (Å²) >= 11 is 2.08. The van der Waals surface area contributed by atoms with Crippen LogP contribution in [0.15, 0.2) is 0 Å². The first-order valence-corrected chi connectivity index (χ1v) is 11.5. The Morgan fingerprint density at radius 3 is 2.60 bits per heavy atom. The Kier molecular flexibility index (Phi) is 4.22. The molecule has 4 nitrogen and oxygen atoms in total. The number of ether oxygens (including phenoxy) is 1. The highest BCUT2D eigenvalue weighted by atomic mass is 32.2. The summed E-state index contributed by atoms with van der Waals surface area (Å²) in [5.74, 6) is 4.85. The Hall–Kier alpha value is 0.190. The van der Waals surface area contributed by atoms with Crippen molar-refractivity contribution in [3.63, 3.8) is 0 Å². The highest BCUT2D eigenvalue weighted by Gasteiger charge is 2.68. The highest BCUT2D eigenvalue weighted by Crippen LogP contribution is 2.61. The molecule has 2 bridgehead atoms. The number of nitrogens with zero attached hydrogens (tertiary/aromatic N) is 1. The maximum absolute atomic E-state index is 6.91. The zero-order valence-electron chi connectivity index (χ0n) is 15.9. The number of thioether (sulfide) groups is 1. The van der Waals surface area contributed by atoms with Gasteiger partial charge in [0.15, 0.2) is 0 Å². The van der Waals surface area contributed by atoms with E-state index in [1.165, 1.54) is 43.9 Å². The maximum Gasteiger partial charge on any atom is 0.136 e. The largest absolute Gasteiger partial charge is 0.356 e. The van der Waals surface area contributed by atoms with Crippen LogP contribution in [-0.4, -0.2) is 53.0 Å². The van der Waals surface area contributed by atoms with Crippen molar-refractivity contribution in [2.24, 2.45) is 23.7 Å². The van der Waals surface area contributed by atoms with Gasteiger partial charge < -0.3 is 4.74 Å². The van der Waals surface area contributed by atoms with E-state index in [2.05, 4.69) is 37.4 Å². The molecule has 0 aromatic rings. The molecule has 0 radical (unpaired) electrons. The van der Waals surface area contributed by atoms with E-state index in [1.807, 2.05) is 0 Å². The van der Waals surface area contributed by atoms with E-state index in [0.717, 1.165) is 12.8 Å². The molecule has 0 aromatic carbocycles. The van der Waals surface area contributed by atoms with Gasteiger partial charge in [-0.05, 0) is 44.4 Å². The van der Waals surface area contributed by atoms with Crippen LogP contribution in [0, 0.1) is 23.7 Å². The fourth-order valence-electron chi connectivity index (χ4n) is 6.69. The number of hydrogen-bond donors (Lipinski definition) is 0. The molecule has 8 atom stereocenters. The molecule has 4 heterocycles. The van der Waals surface area contributed by atoms with Crippen LogP contribution in [0.1, 0.15) is 52.9 Å². The van der Waals surface area contributed by atoms with Crippen LogP contribution in [0.25, 0.3) is 0 Å². The van der Waals surface area contributed by atoms with Gasteiger partial charge in [-0.1, -0.05) is 13.8 Å². The van der Waals surface area contributed by atoms with Crippen LogP contribution in [0.3, 0.4) is 0 Å². The van der Waals surface area contributed by atoms with Gasteiger partial charge in [-0.2, -0.15) is 11.8 Å². The predicted molar refractivity (Wildman–Crippen MR) is 99.3 cm³/mol. The monoisotopic (exact) mass is 367 g/mol. The molecule has 0 aromatic heterocycles. The van der Waals surface area contributed by atoms with Crippen LogP contribution in [0.5, 0.6) is 0 Å². The van der Waals surface area contributed by atoms with Gasteiger partial charge in [0.1, 0.15) is 17.4 Å². The zero-order valence-corrected chi connectivity index (χ0v) is 16.7. The molecule has 6 aliphatic rings. The molecule has 6 rings (SSSR count). The first kappa shape index (κ1) is 17.3. The Morgan fingerprint density at radius 2 is 1.80 bits per heavy atom. The van der Waals surface area contributed by atoms with E-state index in [9.17, 15) is 0 Å². The molecule has 0 N–H and O–H groups in total. The third-order valence-corrected chi connectivity index (χ3v) is 9.01. The van der Waals surface area contributed by atoms with Crippen molar-refractivity contribution in [3.8, 4) is 0 Å². The summed E-state index contributed by atoms with van der Waals surface area (Å²) < 4.78 is 6.91. The van der Waals surface area contributed by atoms with Gasteiger partial charge in [0, 0.05) is 42.9 Å². The van der Waals surface area contributed by atoms with Gasteiger partial charge in [-0.15, -0.1) is 0 Å². The Labute approximate surface area is 156 Å². The second-order valence-electron chi connectivity index (χ2n) is 9.50. The average Bonchev–Trinajstić information content (AvgIpc) is 2.85. The van der Waals surface area contributed by atoms with E-state index in [1.54, 1.807) is 0 Å². The summed E-state index contributed by atoms with van der Waals surface area (Å²) in [5, 5.41) is 0. The SMILES string of the molecule is CC1CCC2[C@@H](C)C(N3CCSCC3)OC3C[C@]4(C)CCC1[C@]32OO4. The molecule has 6 fully saturated rings. The van der Waals surface area contributed by atoms with Crippen LogP contribution in [0.2, 0.25) is 0 Å². The van der Waals surface area contributed by atoms with Crippen LogP contribution < -0.4 is 0 Å². The van der Waals surface area contributed by atoms with E-state index in [-0.39, 0.29) is 23.5 Å². The lowest BCUT2D eigenvalue weighted by molar-refractivity contribution is -0.491. The number of hydrogen-bond acceptors (Lipinski definition) is 5. The minimum absolute atomic E-state index is 0.166. The molecule has 5 heteroatoms. The number of rotatable bonds is 1. The van der Waals surface area contributed by atoms with Crippen molar-refractivity contribution in [2.45, 2.75) is 76.4 Å². The summed E-state index contributed by atoms with van der Waals surface area (Å²) in [5.41, 5.74) is -0.367. The molecule has 25 heavy (non-hydrogen) atoms. The molecule has 4 aliphatic heterocycles. The Bertz CT molecular complexity index is 527. The molecule has 5 unspecified atom stereocenters. The molecule has 1 spiro atoms. The normalized spacial score (nSPS) is 56.3. The smallest absolute Gasteiger partial charge is 0.136 e. The first-order chi connectivity index (χ1) is 12.0. The molecular weight excluding hydrogens is 334 g/mol. The van der Waals surface area contributed by atoms with Crippen molar-refractivity contribution >= 4 is 11.8 Å². The van der Waals surface area contributed by atoms with E-state index >= 15 is 0 Å².